The highest BCUT2D eigenvalue weighted by molar-refractivity contribution is 5.90. The molecule has 5 rings (SSSR count). The number of methoxy groups -OCH3 is 1. The van der Waals surface area contributed by atoms with Gasteiger partial charge < -0.3 is 13.7 Å². The molecule has 0 atom stereocenters. The van der Waals surface area contributed by atoms with Gasteiger partial charge in [0, 0.05) is 41.7 Å². The minimum atomic E-state index is -0.342. The van der Waals surface area contributed by atoms with Crippen LogP contribution in [0.15, 0.2) is 49.2 Å². The second-order valence-corrected chi connectivity index (χ2v) is 7.06. The van der Waals surface area contributed by atoms with Crippen LogP contribution in [0.25, 0.3) is 39.1 Å². The fourth-order valence-corrected chi connectivity index (χ4v) is 3.73. The Morgan fingerprint density at radius 2 is 1.97 bits per heavy atom. The molecule has 0 aliphatic rings. The molecule has 0 bridgehead atoms. The summed E-state index contributed by atoms with van der Waals surface area (Å²) in [5.41, 5.74) is 5.72. The molecular formula is C22H19FN6O. The molecule has 0 radical (unpaired) electrons. The molecule has 0 spiro atoms. The maximum atomic E-state index is 14.9. The zero-order chi connectivity index (χ0) is 20.8. The number of benzene rings is 1. The van der Waals surface area contributed by atoms with Crippen molar-refractivity contribution in [3.05, 3.63) is 60.7 Å². The number of pyridine rings is 1. The van der Waals surface area contributed by atoms with Gasteiger partial charge in [0.05, 0.1) is 25.3 Å². The van der Waals surface area contributed by atoms with Crippen LogP contribution >= 0.6 is 0 Å². The lowest BCUT2D eigenvalue weighted by Gasteiger charge is -2.12. The first kappa shape index (κ1) is 18.2. The Morgan fingerprint density at radius 3 is 2.77 bits per heavy atom. The lowest BCUT2D eigenvalue weighted by atomic mass is 9.99. The van der Waals surface area contributed by atoms with Crippen molar-refractivity contribution >= 4 is 16.8 Å². The zero-order valence-electron chi connectivity index (χ0n) is 16.8. The second-order valence-electron chi connectivity index (χ2n) is 7.06. The van der Waals surface area contributed by atoms with Gasteiger partial charge in [0.2, 0.25) is 0 Å². The molecule has 0 aliphatic carbocycles. The number of ether oxygens (including phenoxy) is 1. The van der Waals surface area contributed by atoms with Crippen molar-refractivity contribution in [1.29, 1.82) is 0 Å². The van der Waals surface area contributed by atoms with E-state index in [0.29, 0.717) is 22.5 Å². The molecule has 1 aromatic carbocycles. The Labute approximate surface area is 171 Å². The number of imidazole rings is 2. The number of aromatic nitrogens is 6. The Bertz CT molecular complexity index is 1400. The second kappa shape index (κ2) is 6.91. The van der Waals surface area contributed by atoms with E-state index in [2.05, 4.69) is 20.2 Å². The van der Waals surface area contributed by atoms with Crippen LogP contribution in [0.2, 0.25) is 0 Å². The van der Waals surface area contributed by atoms with Crippen LogP contribution in [0.5, 0.6) is 5.75 Å². The number of rotatable bonds is 4. The largest absolute Gasteiger partial charge is 0.496 e. The van der Waals surface area contributed by atoms with Gasteiger partial charge in [-0.05, 0) is 31.5 Å². The molecule has 30 heavy (non-hydrogen) atoms. The number of halogens is 1. The van der Waals surface area contributed by atoms with Crippen LogP contribution in [0.3, 0.4) is 0 Å². The topological polar surface area (TPSA) is 70.1 Å². The van der Waals surface area contributed by atoms with E-state index in [1.54, 1.807) is 31.8 Å². The third-order valence-corrected chi connectivity index (χ3v) is 5.21. The molecule has 0 saturated carbocycles. The quantitative estimate of drug-likeness (QED) is 0.449. The normalized spacial score (nSPS) is 11.5. The van der Waals surface area contributed by atoms with Crippen molar-refractivity contribution in [2.45, 2.75) is 20.4 Å². The summed E-state index contributed by atoms with van der Waals surface area (Å²) in [4.78, 5) is 8.95. The summed E-state index contributed by atoms with van der Waals surface area (Å²) in [5, 5.41) is 8.34. The summed E-state index contributed by atoms with van der Waals surface area (Å²) in [6.45, 7) is 4.67. The molecular weight excluding hydrogens is 383 g/mol. The molecule has 0 aliphatic heterocycles. The van der Waals surface area contributed by atoms with Crippen LogP contribution in [-0.4, -0.2) is 36.2 Å². The van der Waals surface area contributed by atoms with E-state index in [0.717, 1.165) is 34.5 Å². The van der Waals surface area contributed by atoms with Gasteiger partial charge in [-0.2, -0.15) is 5.10 Å². The van der Waals surface area contributed by atoms with E-state index < -0.39 is 0 Å². The summed E-state index contributed by atoms with van der Waals surface area (Å²) in [7, 11) is 1.57. The van der Waals surface area contributed by atoms with Crippen LogP contribution in [0.1, 0.15) is 12.6 Å². The van der Waals surface area contributed by atoms with E-state index in [4.69, 9.17) is 4.74 Å². The maximum absolute atomic E-state index is 14.9. The third-order valence-electron chi connectivity index (χ3n) is 5.21. The Hall–Kier alpha value is -3.81. The van der Waals surface area contributed by atoms with Crippen LogP contribution in [0, 0.1) is 12.7 Å². The minimum absolute atomic E-state index is 0.342. The molecule has 150 valence electrons. The smallest absolute Gasteiger partial charge is 0.183 e. The van der Waals surface area contributed by atoms with Crippen molar-refractivity contribution in [2.75, 3.05) is 7.11 Å². The fourth-order valence-electron chi connectivity index (χ4n) is 3.73. The first-order valence-corrected chi connectivity index (χ1v) is 9.59. The SMILES string of the molecule is CCn1cnc2c(-c3ccc(F)c(-c4cn5cc(C)nc5cc4OC)c3)cnnc21. The van der Waals surface area contributed by atoms with Gasteiger partial charge >= 0.3 is 0 Å². The van der Waals surface area contributed by atoms with Gasteiger partial charge in [-0.25, -0.2) is 14.4 Å². The van der Waals surface area contributed by atoms with Gasteiger partial charge in [0.15, 0.2) is 5.65 Å². The molecule has 4 aromatic heterocycles. The van der Waals surface area contributed by atoms with E-state index in [1.807, 2.05) is 41.3 Å². The van der Waals surface area contributed by atoms with Gasteiger partial charge in [0.1, 0.15) is 22.7 Å². The Balaban J connectivity index is 1.72. The molecule has 0 amide bonds. The average molecular weight is 402 g/mol. The maximum Gasteiger partial charge on any atom is 0.183 e. The molecule has 0 saturated heterocycles. The molecule has 7 nitrogen and oxygen atoms in total. The van der Waals surface area contributed by atoms with E-state index >= 15 is 0 Å². The fraction of sp³-hybridized carbons (Fsp3) is 0.182. The van der Waals surface area contributed by atoms with Gasteiger partial charge in [0.25, 0.3) is 0 Å². The average Bonchev–Trinajstić information content (AvgIpc) is 3.34. The van der Waals surface area contributed by atoms with Gasteiger partial charge in [-0.15, -0.1) is 5.10 Å². The number of fused-ring (bicyclic) bond motifs is 2. The minimum Gasteiger partial charge on any atom is -0.496 e. The molecule has 8 heteroatoms. The summed E-state index contributed by atoms with van der Waals surface area (Å²) in [6, 6.07) is 6.79. The van der Waals surface area contributed by atoms with E-state index in [1.165, 1.54) is 6.07 Å². The monoisotopic (exact) mass is 402 g/mol. The van der Waals surface area contributed by atoms with Crippen LogP contribution in [0.4, 0.5) is 4.39 Å². The highest BCUT2D eigenvalue weighted by Crippen LogP contribution is 2.36. The first-order valence-electron chi connectivity index (χ1n) is 9.59. The van der Waals surface area contributed by atoms with Crippen molar-refractivity contribution in [1.82, 2.24) is 29.1 Å². The number of nitrogens with zero attached hydrogens (tertiary/aromatic N) is 6. The molecule has 4 heterocycles. The van der Waals surface area contributed by atoms with Crippen LogP contribution in [-0.2, 0) is 6.54 Å². The predicted octanol–water partition coefficient (Wildman–Crippen LogP) is 4.28. The predicted molar refractivity (Wildman–Crippen MR) is 112 cm³/mol. The molecule has 0 fully saturated rings. The number of hydrogen-bond acceptors (Lipinski definition) is 5. The van der Waals surface area contributed by atoms with Crippen LogP contribution < -0.4 is 4.74 Å². The summed E-state index contributed by atoms with van der Waals surface area (Å²) < 4.78 is 24.3. The molecule has 0 N–H and O–H groups in total. The van der Waals surface area contributed by atoms with E-state index in [9.17, 15) is 4.39 Å². The molecule has 5 aromatic rings. The lowest BCUT2D eigenvalue weighted by Crippen LogP contribution is -1.97. The van der Waals surface area contributed by atoms with Crippen molar-refractivity contribution in [3.8, 4) is 28.0 Å². The highest BCUT2D eigenvalue weighted by Gasteiger charge is 2.17. The van der Waals surface area contributed by atoms with Crippen molar-refractivity contribution in [3.63, 3.8) is 0 Å². The van der Waals surface area contributed by atoms with Crippen molar-refractivity contribution < 1.29 is 9.13 Å². The Kier molecular flexibility index (Phi) is 4.20. The number of hydrogen-bond donors (Lipinski definition) is 0. The van der Waals surface area contributed by atoms with Gasteiger partial charge in [-0.3, -0.25) is 0 Å². The van der Waals surface area contributed by atoms with Gasteiger partial charge in [-0.1, -0.05) is 6.07 Å². The molecule has 0 unspecified atom stereocenters. The standard InChI is InChI=1S/C22H19FN6O/c1-4-28-12-24-21-16(9-25-27-22(21)28)14-5-6-18(23)15(7-14)17-11-29-10-13(2)26-20(29)8-19(17)30-3/h5-12H,4H2,1-3H3. The zero-order valence-corrected chi connectivity index (χ0v) is 16.8. The summed E-state index contributed by atoms with van der Waals surface area (Å²) >= 11 is 0. The highest BCUT2D eigenvalue weighted by atomic mass is 19.1. The first-order chi connectivity index (χ1) is 14.6. The van der Waals surface area contributed by atoms with E-state index in [-0.39, 0.29) is 5.82 Å². The summed E-state index contributed by atoms with van der Waals surface area (Å²) in [6.07, 6.45) is 7.13. The lowest BCUT2D eigenvalue weighted by molar-refractivity contribution is 0.416. The van der Waals surface area contributed by atoms with Crippen molar-refractivity contribution in [2.24, 2.45) is 0 Å². The third kappa shape index (κ3) is 2.80. The Morgan fingerprint density at radius 1 is 1.10 bits per heavy atom. The number of aryl methyl sites for hydroxylation is 2. The summed E-state index contributed by atoms with van der Waals surface area (Å²) in [5.74, 6) is 0.211.